The first-order valence-corrected chi connectivity index (χ1v) is 4.91. The first kappa shape index (κ1) is 10.4. The van der Waals surface area contributed by atoms with Gasteiger partial charge in [0.2, 0.25) is 0 Å². The summed E-state index contributed by atoms with van der Waals surface area (Å²) in [6, 6.07) is 0. The highest BCUT2D eigenvalue weighted by atomic mass is 16.6. The zero-order valence-corrected chi connectivity index (χ0v) is 8.80. The van der Waals surface area contributed by atoms with E-state index in [1.54, 1.807) is 4.90 Å². The largest absolute Gasteiger partial charge is 0.448 e. The second kappa shape index (κ2) is 3.99. The molecular formula is C10H19NO2. The number of nitrogens with zero attached hydrogens (tertiary/aromatic N) is 1. The summed E-state index contributed by atoms with van der Waals surface area (Å²) in [5, 5.41) is 0. The predicted octanol–water partition coefficient (Wildman–Crippen LogP) is 2.26. The fraction of sp³-hybridized carbons (Fsp3) is 0.900. The lowest BCUT2D eigenvalue weighted by atomic mass is 9.90. The highest BCUT2D eigenvalue weighted by Crippen LogP contribution is 2.21. The van der Waals surface area contributed by atoms with Crippen molar-refractivity contribution in [1.29, 1.82) is 0 Å². The van der Waals surface area contributed by atoms with E-state index in [0.717, 1.165) is 25.9 Å². The number of ether oxygens (including phenoxy) is 1. The Morgan fingerprint density at radius 1 is 1.46 bits per heavy atom. The normalized spacial score (nSPS) is 17.8. The molecule has 0 aliphatic carbocycles. The third-order valence-corrected chi connectivity index (χ3v) is 2.20. The van der Waals surface area contributed by atoms with Gasteiger partial charge in [0.05, 0.1) is 6.54 Å². The van der Waals surface area contributed by atoms with Crippen LogP contribution in [0.5, 0.6) is 0 Å². The average molecular weight is 185 g/mol. The van der Waals surface area contributed by atoms with Crippen molar-refractivity contribution in [3.8, 4) is 0 Å². The van der Waals surface area contributed by atoms with Crippen LogP contribution < -0.4 is 0 Å². The summed E-state index contributed by atoms with van der Waals surface area (Å²) in [7, 11) is 0. The lowest BCUT2D eigenvalue weighted by Crippen LogP contribution is -2.26. The molecule has 0 saturated carbocycles. The van der Waals surface area contributed by atoms with E-state index in [2.05, 4.69) is 20.8 Å². The maximum Gasteiger partial charge on any atom is 0.409 e. The van der Waals surface area contributed by atoms with Crippen LogP contribution in [0.4, 0.5) is 4.79 Å². The van der Waals surface area contributed by atoms with E-state index in [0.29, 0.717) is 12.0 Å². The van der Waals surface area contributed by atoms with E-state index in [-0.39, 0.29) is 6.09 Å². The first-order chi connectivity index (χ1) is 5.99. The molecule has 0 atom stereocenters. The zero-order chi connectivity index (χ0) is 9.90. The van der Waals surface area contributed by atoms with Crippen molar-refractivity contribution in [3.63, 3.8) is 0 Å². The van der Waals surface area contributed by atoms with Crippen LogP contribution in [-0.2, 0) is 4.74 Å². The number of hydrogen-bond acceptors (Lipinski definition) is 2. The van der Waals surface area contributed by atoms with Crippen LogP contribution in [0.1, 0.15) is 33.6 Å². The summed E-state index contributed by atoms with van der Waals surface area (Å²) in [5.74, 6) is 0. The van der Waals surface area contributed by atoms with Crippen molar-refractivity contribution in [2.75, 3.05) is 19.7 Å². The molecule has 0 N–H and O–H groups in total. The fourth-order valence-electron chi connectivity index (χ4n) is 1.43. The molecule has 0 spiro atoms. The summed E-state index contributed by atoms with van der Waals surface area (Å²) in [6.07, 6.45) is 2.07. The third-order valence-electron chi connectivity index (χ3n) is 2.20. The van der Waals surface area contributed by atoms with Crippen molar-refractivity contribution in [2.24, 2.45) is 5.41 Å². The van der Waals surface area contributed by atoms with Crippen molar-refractivity contribution in [2.45, 2.75) is 33.6 Å². The van der Waals surface area contributed by atoms with Gasteiger partial charge in [0.25, 0.3) is 0 Å². The van der Waals surface area contributed by atoms with Crippen LogP contribution in [0.25, 0.3) is 0 Å². The number of carbonyl (C=O) groups is 1. The number of amides is 1. The predicted molar refractivity (Wildman–Crippen MR) is 51.6 cm³/mol. The van der Waals surface area contributed by atoms with E-state index in [4.69, 9.17) is 4.74 Å². The summed E-state index contributed by atoms with van der Waals surface area (Å²) < 4.78 is 4.84. The molecule has 1 saturated heterocycles. The lowest BCUT2D eigenvalue weighted by molar-refractivity contribution is 0.157. The van der Waals surface area contributed by atoms with Crippen LogP contribution in [0.2, 0.25) is 0 Å². The van der Waals surface area contributed by atoms with Crippen molar-refractivity contribution in [1.82, 2.24) is 4.90 Å². The standard InChI is InChI=1S/C10H19NO2/c1-10(2,3)5-4-6-11-7-8-13-9(11)12/h4-8H2,1-3H3. The van der Waals surface area contributed by atoms with Gasteiger partial charge < -0.3 is 9.64 Å². The van der Waals surface area contributed by atoms with Gasteiger partial charge in [0.15, 0.2) is 0 Å². The molecule has 1 fully saturated rings. The molecule has 1 aliphatic heterocycles. The molecule has 1 aliphatic rings. The van der Waals surface area contributed by atoms with E-state index in [1.807, 2.05) is 0 Å². The quantitative estimate of drug-likeness (QED) is 0.675. The van der Waals surface area contributed by atoms with E-state index in [9.17, 15) is 4.79 Å². The van der Waals surface area contributed by atoms with E-state index < -0.39 is 0 Å². The van der Waals surface area contributed by atoms with Crippen LogP contribution in [0.3, 0.4) is 0 Å². The number of rotatable bonds is 3. The number of cyclic esters (lactones) is 1. The summed E-state index contributed by atoms with van der Waals surface area (Å²) in [6.45, 7) is 8.83. The number of hydrogen-bond donors (Lipinski definition) is 0. The second-order valence-corrected chi connectivity index (χ2v) is 4.77. The highest BCUT2D eigenvalue weighted by Gasteiger charge is 2.21. The van der Waals surface area contributed by atoms with Crippen LogP contribution in [0, 0.1) is 5.41 Å². The molecular weight excluding hydrogens is 166 g/mol. The molecule has 0 aromatic carbocycles. The van der Waals surface area contributed by atoms with Gasteiger partial charge in [0, 0.05) is 6.54 Å². The fourth-order valence-corrected chi connectivity index (χ4v) is 1.43. The Kier molecular flexibility index (Phi) is 3.17. The smallest absolute Gasteiger partial charge is 0.409 e. The second-order valence-electron chi connectivity index (χ2n) is 4.77. The Hall–Kier alpha value is -0.730. The number of carbonyl (C=O) groups excluding carboxylic acids is 1. The van der Waals surface area contributed by atoms with Gasteiger partial charge in [-0.25, -0.2) is 4.79 Å². The van der Waals surface area contributed by atoms with Crippen molar-refractivity contribution < 1.29 is 9.53 Å². The molecule has 1 heterocycles. The Morgan fingerprint density at radius 3 is 2.62 bits per heavy atom. The monoisotopic (exact) mass is 185 g/mol. The minimum Gasteiger partial charge on any atom is -0.448 e. The van der Waals surface area contributed by atoms with E-state index in [1.165, 1.54) is 0 Å². The molecule has 3 heteroatoms. The molecule has 0 aromatic rings. The Balaban J connectivity index is 2.16. The van der Waals surface area contributed by atoms with Gasteiger partial charge in [-0.3, -0.25) is 0 Å². The molecule has 76 valence electrons. The summed E-state index contributed by atoms with van der Waals surface area (Å²) in [5.41, 5.74) is 0.365. The maximum atomic E-state index is 11.0. The van der Waals surface area contributed by atoms with Gasteiger partial charge in [0.1, 0.15) is 6.61 Å². The Labute approximate surface area is 80.1 Å². The Bertz CT molecular complexity index is 184. The van der Waals surface area contributed by atoms with Crippen LogP contribution >= 0.6 is 0 Å². The topological polar surface area (TPSA) is 29.5 Å². The molecule has 3 nitrogen and oxygen atoms in total. The van der Waals surface area contributed by atoms with Crippen molar-refractivity contribution >= 4 is 6.09 Å². The minimum atomic E-state index is -0.145. The summed E-state index contributed by atoms with van der Waals surface area (Å²) >= 11 is 0. The molecule has 1 rings (SSSR count). The van der Waals surface area contributed by atoms with Gasteiger partial charge in [-0.1, -0.05) is 20.8 Å². The summed E-state index contributed by atoms with van der Waals surface area (Å²) in [4.78, 5) is 12.8. The first-order valence-electron chi connectivity index (χ1n) is 4.91. The Morgan fingerprint density at radius 2 is 2.15 bits per heavy atom. The molecule has 1 amide bonds. The highest BCUT2D eigenvalue weighted by molar-refractivity contribution is 5.69. The maximum absolute atomic E-state index is 11.0. The van der Waals surface area contributed by atoms with Crippen molar-refractivity contribution in [3.05, 3.63) is 0 Å². The molecule has 0 unspecified atom stereocenters. The van der Waals surface area contributed by atoms with E-state index >= 15 is 0 Å². The molecule has 0 radical (unpaired) electrons. The van der Waals surface area contributed by atoms with Crippen LogP contribution in [-0.4, -0.2) is 30.7 Å². The molecule has 0 bridgehead atoms. The minimum absolute atomic E-state index is 0.145. The van der Waals surface area contributed by atoms with Gasteiger partial charge >= 0.3 is 6.09 Å². The zero-order valence-electron chi connectivity index (χ0n) is 8.80. The van der Waals surface area contributed by atoms with Gasteiger partial charge in [-0.2, -0.15) is 0 Å². The molecule has 0 aromatic heterocycles. The van der Waals surface area contributed by atoms with Gasteiger partial charge in [-0.15, -0.1) is 0 Å². The SMILES string of the molecule is CC(C)(C)CCCN1CCOC1=O. The lowest BCUT2D eigenvalue weighted by Gasteiger charge is -2.19. The third kappa shape index (κ3) is 3.66. The molecule has 13 heavy (non-hydrogen) atoms. The van der Waals surface area contributed by atoms with Gasteiger partial charge in [-0.05, 0) is 18.3 Å². The van der Waals surface area contributed by atoms with Crippen LogP contribution in [0.15, 0.2) is 0 Å². The average Bonchev–Trinajstić information content (AvgIpc) is 2.34.